The Morgan fingerprint density at radius 3 is 2.83 bits per heavy atom. The summed E-state index contributed by atoms with van der Waals surface area (Å²) in [6, 6.07) is 6.03. The molecule has 0 heterocycles. The van der Waals surface area contributed by atoms with Gasteiger partial charge in [0.2, 0.25) is 0 Å². The van der Waals surface area contributed by atoms with Crippen molar-refractivity contribution in [1.82, 2.24) is 5.32 Å². The summed E-state index contributed by atoms with van der Waals surface area (Å²) in [5.41, 5.74) is 0.861. The van der Waals surface area contributed by atoms with Crippen molar-refractivity contribution < 1.29 is 4.39 Å². The second-order valence-corrected chi connectivity index (χ2v) is 6.23. The molecule has 1 fully saturated rings. The van der Waals surface area contributed by atoms with Gasteiger partial charge in [0.1, 0.15) is 5.82 Å². The van der Waals surface area contributed by atoms with Gasteiger partial charge in [0, 0.05) is 10.5 Å². The first-order chi connectivity index (χ1) is 8.69. The maximum absolute atomic E-state index is 13.8. The number of nitrogens with one attached hydrogen (secondary N) is 1. The minimum absolute atomic E-state index is 0.0744. The predicted octanol–water partition coefficient (Wildman–Crippen LogP) is 4.30. The number of hydrogen-bond donors (Lipinski definition) is 1. The molecule has 1 aliphatic carbocycles. The molecule has 1 N–H and O–H groups in total. The summed E-state index contributed by atoms with van der Waals surface area (Å²) in [4.78, 5) is 0. The van der Waals surface area contributed by atoms with E-state index in [1.807, 2.05) is 19.2 Å². The average molecular weight is 314 g/mol. The maximum atomic E-state index is 13.8. The van der Waals surface area contributed by atoms with Crippen molar-refractivity contribution in [3.63, 3.8) is 0 Å². The Morgan fingerprint density at radius 1 is 1.33 bits per heavy atom. The van der Waals surface area contributed by atoms with E-state index in [1.165, 1.54) is 32.1 Å². The molecule has 0 radical (unpaired) electrons. The van der Waals surface area contributed by atoms with Gasteiger partial charge in [-0.1, -0.05) is 41.3 Å². The molecule has 1 saturated carbocycles. The number of hydrogen-bond acceptors (Lipinski definition) is 1. The minimum Gasteiger partial charge on any atom is -0.317 e. The summed E-state index contributed by atoms with van der Waals surface area (Å²) in [5, 5.41) is 3.38. The second kappa shape index (κ2) is 6.67. The van der Waals surface area contributed by atoms with Gasteiger partial charge in [-0.15, -0.1) is 0 Å². The summed E-state index contributed by atoms with van der Waals surface area (Å²) in [6.07, 6.45) is 7.11. The smallest absolute Gasteiger partial charge is 0.127 e. The van der Waals surface area contributed by atoms with Crippen molar-refractivity contribution >= 4 is 15.9 Å². The molecule has 1 aromatic carbocycles. The van der Waals surface area contributed by atoms with Crippen LogP contribution in [-0.2, 0) is 6.42 Å². The zero-order valence-electron chi connectivity index (χ0n) is 10.9. The highest BCUT2D eigenvalue weighted by atomic mass is 79.9. The molecule has 0 aliphatic heterocycles. The summed E-state index contributed by atoms with van der Waals surface area (Å²) >= 11 is 3.30. The first kappa shape index (κ1) is 14.0. The molecule has 18 heavy (non-hydrogen) atoms. The molecule has 0 aromatic heterocycles. The fourth-order valence-corrected chi connectivity index (χ4v) is 3.24. The van der Waals surface area contributed by atoms with Gasteiger partial charge >= 0.3 is 0 Å². The first-order valence-electron chi connectivity index (χ1n) is 6.80. The quantitative estimate of drug-likeness (QED) is 0.820. The molecule has 1 nitrogen and oxygen atoms in total. The fraction of sp³-hybridized carbons (Fsp3) is 0.600. The van der Waals surface area contributed by atoms with Crippen molar-refractivity contribution in [2.24, 2.45) is 5.92 Å². The summed E-state index contributed by atoms with van der Waals surface area (Å²) in [6.45, 7) is 0. The topological polar surface area (TPSA) is 12.0 Å². The van der Waals surface area contributed by atoms with E-state index in [9.17, 15) is 4.39 Å². The van der Waals surface area contributed by atoms with Gasteiger partial charge in [-0.05, 0) is 49.9 Å². The van der Waals surface area contributed by atoms with E-state index in [2.05, 4.69) is 21.2 Å². The lowest BCUT2D eigenvalue weighted by Gasteiger charge is -2.19. The predicted molar refractivity (Wildman–Crippen MR) is 77.2 cm³/mol. The molecular weight excluding hydrogens is 293 g/mol. The van der Waals surface area contributed by atoms with Crippen LogP contribution in [0.1, 0.15) is 37.7 Å². The largest absolute Gasteiger partial charge is 0.317 e. The summed E-state index contributed by atoms with van der Waals surface area (Å²) in [5.74, 6) is 0.537. The van der Waals surface area contributed by atoms with Crippen LogP contribution in [0.4, 0.5) is 4.39 Å². The average Bonchev–Trinajstić information content (AvgIpc) is 2.58. The van der Waals surface area contributed by atoms with Gasteiger partial charge < -0.3 is 5.32 Å². The van der Waals surface area contributed by atoms with E-state index in [-0.39, 0.29) is 5.82 Å². The van der Waals surface area contributed by atoms with Crippen LogP contribution in [0.2, 0.25) is 0 Å². The van der Waals surface area contributed by atoms with Crippen LogP contribution in [0.25, 0.3) is 0 Å². The Bertz CT molecular complexity index is 394. The Morgan fingerprint density at radius 2 is 2.11 bits per heavy atom. The van der Waals surface area contributed by atoms with E-state index in [1.54, 1.807) is 6.07 Å². The molecule has 3 heteroatoms. The third-order valence-electron chi connectivity index (χ3n) is 3.96. The summed E-state index contributed by atoms with van der Waals surface area (Å²) < 4.78 is 14.7. The normalized spacial score (nSPS) is 24.8. The molecule has 1 aliphatic rings. The Hall–Kier alpha value is -0.410. The molecule has 2 unspecified atom stereocenters. The summed E-state index contributed by atoms with van der Waals surface area (Å²) in [7, 11) is 2.03. The van der Waals surface area contributed by atoms with Crippen molar-refractivity contribution in [3.05, 3.63) is 34.1 Å². The molecule has 2 atom stereocenters. The van der Waals surface area contributed by atoms with E-state index in [4.69, 9.17) is 0 Å². The van der Waals surface area contributed by atoms with E-state index in [0.717, 1.165) is 16.5 Å². The zero-order valence-corrected chi connectivity index (χ0v) is 12.5. The van der Waals surface area contributed by atoms with Crippen LogP contribution in [0.3, 0.4) is 0 Å². The van der Waals surface area contributed by atoms with E-state index < -0.39 is 0 Å². The standard InChI is InChI=1S/C15H21BrFN/c1-18-14-5-3-2-4-11(9-14)8-12-6-7-13(16)10-15(12)17/h6-7,10-11,14,18H,2-5,8-9H2,1H3. The van der Waals surface area contributed by atoms with Crippen LogP contribution in [-0.4, -0.2) is 13.1 Å². The maximum Gasteiger partial charge on any atom is 0.127 e. The zero-order chi connectivity index (χ0) is 13.0. The van der Waals surface area contributed by atoms with Crippen molar-refractivity contribution in [3.8, 4) is 0 Å². The molecular formula is C15H21BrFN. The third kappa shape index (κ3) is 3.79. The molecule has 1 aromatic rings. The SMILES string of the molecule is CNC1CCCCC(Cc2ccc(Br)cc2F)C1. The van der Waals surface area contributed by atoms with Gasteiger partial charge in [-0.2, -0.15) is 0 Å². The molecule has 100 valence electrons. The molecule has 0 bridgehead atoms. The van der Waals surface area contributed by atoms with Crippen LogP contribution in [0.5, 0.6) is 0 Å². The Balaban J connectivity index is 2.02. The van der Waals surface area contributed by atoms with Crippen LogP contribution in [0.15, 0.2) is 22.7 Å². The highest BCUT2D eigenvalue weighted by Gasteiger charge is 2.20. The monoisotopic (exact) mass is 313 g/mol. The third-order valence-corrected chi connectivity index (χ3v) is 4.46. The van der Waals surface area contributed by atoms with Gasteiger partial charge in [0.15, 0.2) is 0 Å². The van der Waals surface area contributed by atoms with Gasteiger partial charge in [0.05, 0.1) is 0 Å². The van der Waals surface area contributed by atoms with Crippen LogP contribution >= 0.6 is 15.9 Å². The van der Waals surface area contributed by atoms with Crippen molar-refractivity contribution in [1.29, 1.82) is 0 Å². The van der Waals surface area contributed by atoms with Gasteiger partial charge in [0.25, 0.3) is 0 Å². The number of halogens is 2. The second-order valence-electron chi connectivity index (χ2n) is 5.31. The van der Waals surface area contributed by atoms with Crippen LogP contribution < -0.4 is 5.32 Å². The Kier molecular flexibility index (Phi) is 5.19. The lowest BCUT2D eigenvalue weighted by molar-refractivity contribution is 0.395. The van der Waals surface area contributed by atoms with Gasteiger partial charge in [-0.25, -0.2) is 4.39 Å². The lowest BCUT2D eigenvalue weighted by atomic mass is 9.91. The van der Waals surface area contributed by atoms with Gasteiger partial charge in [-0.3, -0.25) is 0 Å². The molecule has 0 spiro atoms. The Labute approximate surface area is 117 Å². The molecule has 0 saturated heterocycles. The minimum atomic E-state index is -0.0744. The van der Waals surface area contributed by atoms with Crippen LogP contribution in [0, 0.1) is 11.7 Å². The number of rotatable bonds is 3. The highest BCUT2D eigenvalue weighted by molar-refractivity contribution is 9.10. The van der Waals surface area contributed by atoms with E-state index in [0.29, 0.717) is 12.0 Å². The first-order valence-corrected chi connectivity index (χ1v) is 7.59. The van der Waals surface area contributed by atoms with Crippen molar-refractivity contribution in [2.45, 2.75) is 44.6 Å². The molecule has 2 rings (SSSR count). The van der Waals surface area contributed by atoms with E-state index >= 15 is 0 Å². The highest BCUT2D eigenvalue weighted by Crippen LogP contribution is 2.27. The number of benzene rings is 1. The lowest BCUT2D eigenvalue weighted by Crippen LogP contribution is -2.26. The van der Waals surface area contributed by atoms with Crippen molar-refractivity contribution in [2.75, 3.05) is 7.05 Å². The molecule has 0 amide bonds. The fourth-order valence-electron chi connectivity index (χ4n) is 2.91.